The van der Waals surface area contributed by atoms with E-state index >= 15 is 0 Å². The van der Waals surface area contributed by atoms with Crippen molar-refractivity contribution in [1.29, 1.82) is 0 Å². The molecule has 0 unspecified atom stereocenters. The normalized spacial score (nSPS) is 11.9. The molecule has 0 amide bonds. The topological polar surface area (TPSA) is 37.8 Å². The van der Waals surface area contributed by atoms with Gasteiger partial charge in [0, 0.05) is 17.5 Å². The fourth-order valence-electron chi connectivity index (χ4n) is 1.80. The molecule has 0 aliphatic heterocycles. The fraction of sp³-hybridized carbons (Fsp3) is 0.467. The van der Waals surface area contributed by atoms with Gasteiger partial charge in [-0.3, -0.25) is 0 Å². The van der Waals surface area contributed by atoms with Gasteiger partial charge < -0.3 is 5.32 Å². The van der Waals surface area contributed by atoms with Gasteiger partial charge in [0.15, 0.2) is 0 Å². The van der Waals surface area contributed by atoms with Crippen molar-refractivity contribution in [2.75, 3.05) is 6.54 Å². The van der Waals surface area contributed by atoms with Crippen molar-refractivity contribution >= 4 is 27.3 Å². The van der Waals surface area contributed by atoms with Crippen molar-refractivity contribution in [3.05, 3.63) is 33.5 Å². The number of nitrogens with zero attached hydrogens (tertiary/aromatic N) is 2. The first kappa shape index (κ1) is 16.5. The molecule has 0 aliphatic rings. The van der Waals surface area contributed by atoms with Gasteiger partial charge in [-0.1, -0.05) is 11.3 Å². The SMILES string of the molecule is CC(C)(C)NCCCc1nnc(-c2ccc(F)c(Br)c2)s1. The molecule has 0 aliphatic carbocycles. The van der Waals surface area contributed by atoms with E-state index in [2.05, 4.69) is 52.2 Å². The van der Waals surface area contributed by atoms with Crippen LogP contribution < -0.4 is 5.32 Å². The maximum absolute atomic E-state index is 13.2. The van der Waals surface area contributed by atoms with E-state index in [4.69, 9.17) is 0 Å². The van der Waals surface area contributed by atoms with Crippen LogP contribution in [0.4, 0.5) is 4.39 Å². The average molecular weight is 372 g/mol. The number of benzene rings is 1. The zero-order valence-corrected chi connectivity index (χ0v) is 14.8. The summed E-state index contributed by atoms with van der Waals surface area (Å²) in [5.41, 5.74) is 1.03. The Hall–Kier alpha value is -0.850. The molecule has 0 bridgehead atoms. The molecule has 2 aromatic rings. The Morgan fingerprint density at radius 2 is 2.05 bits per heavy atom. The van der Waals surface area contributed by atoms with Gasteiger partial charge in [0.25, 0.3) is 0 Å². The largest absolute Gasteiger partial charge is 0.312 e. The Balaban J connectivity index is 1.93. The van der Waals surface area contributed by atoms with Crippen LogP contribution in [-0.4, -0.2) is 22.3 Å². The number of halogens is 2. The number of hydrogen-bond donors (Lipinski definition) is 1. The summed E-state index contributed by atoms with van der Waals surface area (Å²) in [7, 11) is 0. The summed E-state index contributed by atoms with van der Waals surface area (Å²) >= 11 is 4.76. The predicted molar refractivity (Wildman–Crippen MR) is 89.1 cm³/mol. The minimum Gasteiger partial charge on any atom is -0.312 e. The van der Waals surface area contributed by atoms with Crippen LogP contribution in [0.2, 0.25) is 0 Å². The maximum Gasteiger partial charge on any atom is 0.147 e. The Bertz CT molecular complexity index is 607. The number of aromatic nitrogens is 2. The number of hydrogen-bond acceptors (Lipinski definition) is 4. The van der Waals surface area contributed by atoms with Crippen LogP contribution in [0.15, 0.2) is 22.7 Å². The van der Waals surface area contributed by atoms with Crippen molar-refractivity contribution in [2.45, 2.75) is 39.2 Å². The first-order valence-corrected chi connectivity index (χ1v) is 8.49. The number of aryl methyl sites for hydroxylation is 1. The van der Waals surface area contributed by atoms with Crippen molar-refractivity contribution < 1.29 is 4.39 Å². The lowest BCUT2D eigenvalue weighted by Crippen LogP contribution is -2.36. The van der Waals surface area contributed by atoms with E-state index in [9.17, 15) is 4.39 Å². The van der Waals surface area contributed by atoms with Crippen molar-refractivity contribution in [3.63, 3.8) is 0 Å². The van der Waals surface area contributed by atoms with Crippen LogP contribution in [0.1, 0.15) is 32.2 Å². The summed E-state index contributed by atoms with van der Waals surface area (Å²) in [5.74, 6) is -0.267. The third kappa shape index (κ3) is 5.13. The average Bonchev–Trinajstić information content (AvgIpc) is 2.86. The summed E-state index contributed by atoms with van der Waals surface area (Å²) < 4.78 is 13.7. The Labute approximate surface area is 137 Å². The second-order valence-electron chi connectivity index (χ2n) is 5.91. The molecule has 1 heterocycles. The highest BCUT2D eigenvalue weighted by Gasteiger charge is 2.10. The van der Waals surface area contributed by atoms with E-state index in [0.717, 1.165) is 35.0 Å². The Morgan fingerprint density at radius 1 is 1.29 bits per heavy atom. The highest BCUT2D eigenvalue weighted by atomic mass is 79.9. The molecular weight excluding hydrogens is 353 g/mol. The minimum atomic E-state index is -0.267. The van der Waals surface area contributed by atoms with Crippen molar-refractivity contribution in [1.82, 2.24) is 15.5 Å². The summed E-state index contributed by atoms with van der Waals surface area (Å²) in [5, 5.41) is 13.7. The van der Waals surface area contributed by atoms with E-state index in [1.807, 2.05) is 0 Å². The third-order valence-corrected chi connectivity index (χ3v) is 4.50. The second kappa shape index (κ2) is 6.94. The third-order valence-electron chi connectivity index (χ3n) is 2.86. The molecule has 6 heteroatoms. The molecular formula is C15H19BrFN3S. The van der Waals surface area contributed by atoms with E-state index < -0.39 is 0 Å². The molecule has 1 aromatic heterocycles. The first-order chi connectivity index (χ1) is 9.85. The lowest BCUT2D eigenvalue weighted by atomic mass is 10.1. The van der Waals surface area contributed by atoms with Crippen LogP contribution >= 0.6 is 27.3 Å². The molecule has 0 radical (unpaired) electrons. The lowest BCUT2D eigenvalue weighted by Gasteiger charge is -2.20. The molecule has 0 saturated heterocycles. The standard InChI is InChI=1S/C15H19BrFN3S/c1-15(2,3)18-8-4-5-13-19-20-14(21-13)10-6-7-12(17)11(16)9-10/h6-7,9,18H,4-5,8H2,1-3H3. The summed E-state index contributed by atoms with van der Waals surface area (Å²) in [6, 6.07) is 4.90. The van der Waals surface area contributed by atoms with E-state index in [-0.39, 0.29) is 11.4 Å². The molecule has 0 atom stereocenters. The second-order valence-corrected chi connectivity index (χ2v) is 7.83. The molecule has 114 valence electrons. The van der Waals surface area contributed by atoms with Crippen LogP contribution in [0.5, 0.6) is 0 Å². The van der Waals surface area contributed by atoms with Crippen LogP contribution in [0.25, 0.3) is 10.6 Å². The smallest absolute Gasteiger partial charge is 0.147 e. The van der Waals surface area contributed by atoms with E-state index in [1.54, 1.807) is 23.5 Å². The van der Waals surface area contributed by atoms with Gasteiger partial charge in [-0.05, 0) is 67.9 Å². The molecule has 3 nitrogen and oxygen atoms in total. The highest BCUT2D eigenvalue weighted by Crippen LogP contribution is 2.27. The lowest BCUT2D eigenvalue weighted by molar-refractivity contribution is 0.422. The van der Waals surface area contributed by atoms with Gasteiger partial charge in [0.05, 0.1) is 4.47 Å². The van der Waals surface area contributed by atoms with Crippen LogP contribution in [0.3, 0.4) is 0 Å². The molecule has 1 aromatic carbocycles. The van der Waals surface area contributed by atoms with Crippen molar-refractivity contribution in [2.24, 2.45) is 0 Å². The zero-order valence-electron chi connectivity index (χ0n) is 12.4. The Morgan fingerprint density at radius 3 is 2.71 bits per heavy atom. The molecule has 1 N–H and O–H groups in total. The van der Waals surface area contributed by atoms with E-state index in [1.165, 1.54) is 6.07 Å². The van der Waals surface area contributed by atoms with Crippen LogP contribution in [0, 0.1) is 5.82 Å². The van der Waals surface area contributed by atoms with Gasteiger partial charge in [-0.25, -0.2) is 4.39 Å². The van der Waals surface area contributed by atoms with Crippen LogP contribution in [-0.2, 0) is 6.42 Å². The summed E-state index contributed by atoms with van der Waals surface area (Å²) in [6.45, 7) is 7.42. The molecule has 2 rings (SSSR count). The number of nitrogens with one attached hydrogen (secondary N) is 1. The van der Waals surface area contributed by atoms with Gasteiger partial charge in [0.2, 0.25) is 0 Å². The van der Waals surface area contributed by atoms with Gasteiger partial charge in [-0.15, -0.1) is 10.2 Å². The molecule has 0 saturated carbocycles. The van der Waals surface area contributed by atoms with Gasteiger partial charge in [0.1, 0.15) is 15.8 Å². The molecule has 0 fully saturated rings. The molecule has 0 spiro atoms. The van der Waals surface area contributed by atoms with Crippen molar-refractivity contribution in [3.8, 4) is 10.6 Å². The fourth-order valence-corrected chi connectivity index (χ4v) is 3.06. The van der Waals surface area contributed by atoms with E-state index in [0.29, 0.717) is 4.47 Å². The predicted octanol–water partition coefficient (Wildman–Crippen LogP) is 4.43. The maximum atomic E-state index is 13.2. The van der Waals surface area contributed by atoms with Gasteiger partial charge in [-0.2, -0.15) is 0 Å². The Kier molecular flexibility index (Phi) is 5.46. The summed E-state index contributed by atoms with van der Waals surface area (Å²) in [4.78, 5) is 0. The van der Waals surface area contributed by atoms with Gasteiger partial charge >= 0.3 is 0 Å². The first-order valence-electron chi connectivity index (χ1n) is 6.88. The number of rotatable bonds is 5. The minimum absolute atomic E-state index is 0.146. The summed E-state index contributed by atoms with van der Waals surface area (Å²) in [6.07, 6.45) is 1.93. The monoisotopic (exact) mass is 371 g/mol. The molecule has 21 heavy (non-hydrogen) atoms. The zero-order chi connectivity index (χ0) is 15.5. The highest BCUT2D eigenvalue weighted by molar-refractivity contribution is 9.10. The quantitative estimate of drug-likeness (QED) is 0.790.